The van der Waals surface area contributed by atoms with E-state index in [1.165, 1.54) is 18.4 Å². The van der Waals surface area contributed by atoms with Gasteiger partial charge in [-0.2, -0.15) is 0 Å². The first-order valence-corrected chi connectivity index (χ1v) is 9.09. The zero-order chi connectivity index (χ0) is 15.9. The van der Waals surface area contributed by atoms with Crippen LogP contribution < -0.4 is 10.6 Å². The molecular formula is C19H29N3O. The van der Waals surface area contributed by atoms with Crippen molar-refractivity contribution < 1.29 is 4.79 Å². The quantitative estimate of drug-likeness (QED) is 0.847. The first kappa shape index (κ1) is 16.5. The number of piperidine rings is 1. The summed E-state index contributed by atoms with van der Waals surface area (Å²) in [6.45, 7) is 5.12. The summed E-state index contributed by atoms with van der Waals surface area (Å²) in [5, 5.41) is 6.56. The molecule has 2 N–H and O–H groups in total. The maximum absolute atomic E-state index is 12.3. The molecule has 1 aromatic carbocycles. The molecule has 2 fully saturated rings. The average Bonchev–Trinajstić information content (AvgIpc) is 3.11. The van der Waals surface area contributed by atoms with Crippen LogP contribution in [-0.2, 0) is 4.79 Å². The molecule has 1 unspecified atom stereocenters. The number of nitrogens with zero attached hydrogens (tertiary/aromatic N) is 1. The van der Waals surface area contributed by atoms with Gasteiger partial charge in [-0.15, -0.1) is 0 Å². The van der Waals surface area contributed by atoms with Crippen molar-refractivity contribution in [3.8, 4) is 0 Å². The summed E-state index contributed by atoms with van der Waals surface area (Å²) in [7, 11) is 0. The molecule has 0 aliphatic carbocycles. The Kier molecular flexibility index (Phi) is 6.06. The van der Waals surface area contributed by atoms with Crippen molar-refractivity contribution in [3.63, 3.8) is 0 Å². The van der Waals surface area contributed by atoms with Crippen molar-refractivity contribution in [1.29, 1.82) is 0 Å². The Labute approximate surface area is 139 Å². The van der Waals surface area contributed by atoms with E-state index in [4.69, 9.17) is 0 Å². The fourth-order valence-electron chi connectivity index (χ4n) is 3.82. The Morgan fingerprint density at radius 1 is 1.17 bits per heavy atom. The lowest BCUT2D eigenvalue weighted by Gasteiger charge is -2.29. The predicted molar refractivity (Wildman–Crippen MR) is 93.2 cm³/mol. The lowest BCUT2D eigenvalue weighted by molar-refractivity contribution is -0.122. The molecule has 0 aromatic heterocycles. The second-order valence-corrected chi connectivity index (χ2v) is 6.87. The van der Waals surface area contributed by atoms with Gasteiger partial charge in [0.1, 0.15) is 0 Å². The van der Waals surface area contributed by atoms with Crippen molar-refractivity contribution in [1.82, 2.24) is 15.5 Å². The van der Waals surface area contributed by atoms with E-state index in [0.29, 0.717) is 18.4 Å². The van der Waals surface area contributed by atoms with Crippen LogP contribution in [0.5, 0.6) is 0 Å². The van der Waals surface area contributed by atoms with Crippen LogP contribution in [0.4, 0.5) is 0 Å². The molecule has 3 rings (SSSR count). The van der Waals surface area contributed by atoms with E-state index in [2.05, 4.69) is 45.9 Å². The molecule has 4 heteroatoms. The lowest BCUT2D eigenvalue weighted by atomic mass is 9.94. The number of rotatable bonds is 6. The molecule has 23 heavy (non-hydrogen) atoms. The van der Waals surface area contributed by atoms with Crippen LogP contribution in [0.25, 0.3) is 0 Å². The van der Waals surface area contributed by atoms with Gasteiger partial charge in [0.05, 0.1) is 6.04 Å². The highest BCUT2D eigenvalue weighted by atomic mass is 16.1. The summed E-state index contributed by atoms with van der Waals surface area (Å²) in [6, 6.07) is 10.9. The Balaban J connectivity index is 1.54. The van der Waals surface area contributed by atoms with Crippen LogP contribution in [0, 0.1) is 5.92 Å². The molecule has 0 bridgehead atoms. The molecule has 2 saturated heterocycles. The minimum atomic E-state index is 0.219. The van der Waals surface area contributed by atoms with Crippen molar-refractivity contribution in [2.45, 2.75) is 38.1 Å². The number of carbonyl (C=O) groups excluding carboxylic acids is 1. The molecule has 1 atom stereocenters. The van der Waals surface area contributed by atoms with Crippen molar-refractivity contribution >= 4 is 5.91 Å². The fourth-order valence-corrected chi connectivity index (χ4v) is 3.82. The van der Waals surface area contributed by atoms with Gasteiger partial charge < -0.3 is 10.6 Å². The number of hydrogen-bond donors (Lipinski definition) is 2. The van der Waals surface area contributed by atoms with Gasteiger partial charge in [-0.25, -0.2) is 0 Å². The third kappa shape index (κ3) is 4.79. The van der Waals surface area contributed by atoms with Crippen LogP contribution in [0.1, 0.15) is 43.7 Å². The zero-order valence-electron chi connectivity index (χ0n) is 14.0. The van der Waals surface area contributed by atoms with Crippen LogP contribution in [0.15, 0.2) is 30.3 Å². The zero-order valence-corrected chi connectivity index (χ0v) is 14.0. The van der Waals surface area contributed by atoms with Crippen molar-refractivity contribution in [2.24, 2.45) is 5.92 Å². The number of amides is 1. The largest absolute Gasteiger partial charge is 0.354 e. The van der Waals surface area contributed by atoms with E-state index in [-0.39, 0.29) is 5.91 Å². The number of likely N-dealkylation sites (tertiary alicyclic amines) is 1. The van der Waals surface area contributed by atoms with Gasteiger partial charge in [0, 0.05) is 13.0 Å². The minimum Gasteiger partial charge on any atom is -0.354 e. The van der Waals surface area contributed by atoms with Gasteiger partial charge in [0.15, 0.2) is 0 Å². The molecule has 1 aromatic rings. The SMILES string of the molecule is O=C(CC1CCNCC1)NCC(c1ccccc1)N1CCCC1. The molecule has 0 saturated carbocycles. The molecule has 0 radical (unpaired) electrons. The third-order valence-electron chi connectivity index (χ3n) is 5.19. The predicted octanol–water partition coefficient (Wildman–Crippen LogP) is 2.33. The molecule has 1 amide bonds. The van der Waals surface area contributed by atoms with Gasteiger partial charge >= 0.3 is 0 Å². The van der Waals surface area contributed by atoms with Gasteiger partial charge in [-0.1, -0.05) is 30.3 Å². The summed E-state index contributed by atoms with van der Waals surface area (Å²) in [4.78, 5) is 14.8. The van der Waals surface area contributed by atoms with Gasteiger partial charge in [0.2, 0.25) is 5.91 Å². The molecule has 4 nitrogen and oxygen atoms in total. The summed E-state index contributed by atoms with van der Waals surface area (Å²) in [5.41, 5.74) is 1.32. The highest BCUT2D eigenvalue weighted by Gasteiger charge is 2.24. The van der Waals surface area contributed by atoms with Crippen molar-refractivity contribution in [2.75, 3.05) is 32.7 Å². The smallest absolute Gasteiger partial charge is 0.220 e. The second kappa shape index (κ2) is 8.46. The average molecular weight is 315 g/mol. The summed E-state index contributed by atoms with van der Waals surface area (Å²) >= 11 is 0. The molecule has 2 heterocycles. The maximum Gasteiger partial charge on any atom is 0.220 e. The van der Waals surface area contributed by atoms with E-state index < -0.39 is 0 Å². The minimum absolute atomic E-state index is 0.219. The number of nitrogens with one attached hydrogen (secondary N) is 2. The van der Waals surface area contributed by atoms with Crippen LogP contribution in [0.3, 0.4) is 0 Å². The van der Waals surface area contributed by atoms with E-state index in [1.807, 2.05) is 0 Å². The summed E-state index contributed by atoms with van der Waals surface area (Å²) < 4.78 is 0. The van der Waals surface area contributed by atoms with Gasteiger partial charge in [-0.3, -0.25) is 9.69 Å². The standard InChI is InChI=1S/C19H29N3O/c23-19(14-16-8-10-20-11-9-16)21-15-18(22-12-4-5-13-22)17-6-2-1-3-7-17/h1-3,6-7,16,18,20H,4-5,8-15H2,(H,21,23). The molecule has 2 aliphatic rings. The Morgan fingerprint density at radius 2 is 1.87 bits per heavy atom. The molecule has 126 valence electrons. The van der Waals surface area contributed by atoms with Crippen molar-refractivity contribution in [3.05, 3.63) is 35.9 Å². The highest BCUT2D eigenvalue weighted by Crippen LogP contribution is 2.24. The first-order valence-electron chi connectivity index (χ1n) is 9.09. The van der Waals surface area contributed by atoms with E-state index in [9.17, 15) is 4.79 Å². The lowest BCUT2D eigenvalue weighted by Crippen LogP contribution is -2.38. The highest BCUT2D eigenvalue weighted by molar-refractivity contribution is 5.76. The normalized spacial score (nSPS) is 21.2. The fraction of sp³-hybridized carbons (Fsp3) is 0.632. The molecule has 2 aliphatic heterocycles. The first-order chi connectivity index (χ1) is 11.3. The summed E-state index contributed by atoms with van der Waals surface area (Å²) in [6.07, 6.45) is 5.48. The monoisotopic (exact) mass is 315 g/mol. The molecular weight excluding hydrogens is 286 g/mol. The van der Waals surface area contributed by atoms with E-state index >= 15 is 0 Å². The Hall–Kier alpha value is -1.39. The Bertz CT molecular complexity index is 479. The van der Waals surface area contributed by atoms with Gasteiger partial charge in [0.25, 0.3) is 0 Å². The third-order valence-corrected chi connectivity index (χ3v) is 5.19. The summed E-state index contributed by atoms with van der Waals surface area (Å²) in [5.74, 6) is 0.773. The van der Waals surface area contributed by atoms with E-state index in [1.54, 1.807) is 0 Å². The topological polar surface area (TPSA) is 44.4 Å². The maximum atomic E-state index is 12.3. The molecule has 0 spiro atoms. The number of carbonyl (C=O) groups is 1. The van der Waals surface area contributed by atoms with Crippen LogP contribution >= 0.6 is 0 Å². The van der Waals surface area contributed by atoms with Gasteiger partial charge in [-0.05, 0) is 63.3 Å². The second-order valence-electron chi connectivity index (χ2n) is 6.87. The van der Waals surface area contributed by atoms with Crippen LogP contribution in [-0.4, -0.2) is 43.5 Å². The van der Waals surface area contributed by atoms with Crippen LogP contribution in [0.2, 0.25) is 0 Å². The Morgan fingerprint density at radius 3 is 2.57 bits per heavy atom. The number of hydrogen-bond acceptors (Lipinski definition) is 3. The van der Waals surface area contributed by atoms with E-state index in [0.717, 1.165) is 45.6 Å². The number of benzene rings is 1.